The summed E-state index contributed by atoms with van der Waals surface area (Å²) in [6.45, 7) is 3.73. The van der Waals surface area contributed by atoms with E-state index in [1.54, 1.807) is 0 Å². The van der Waals surface area contributed by atoms with Gasteiger partial charge in [0.1, 0.15) is 0 Å². The second-order valence-electron chi connectivity index (χ2n) is 6.54. The number of carbonyl (C=O) groups is 1. The van der Waals surface area contributed by atoms with Crippen LogP contribution < -0.4 is 5.73 Å². The lowest BCUT2D eigenvalue weighted by molar-refractivity contribution is -0.138. The van der Waals surface area contributed by atoms with Gasteiger partial charge < -0.3 is 10.6 Å². The fourth-order valence-corrected chi connectivity index (χ4v) is 4.41. The van der Waals surface area contributed by atoms with Crippen molar-refractivity contribution >= 4 is 5.91 Å². The van der Waals surface area contributed by atoms with E-state index in [1.165, 1.54) is 38.5 Å². The molecule has 3 saturated carbocycles. The number of amides is 1. The number of fused-ring (bicyclic) bond motifs is 1. The summed E-state index contributed by atoms with van der Waals surface area (Å²) in [5.74, 6) is 3.12. The summed E-state index contributed by atoms with van der Waals surface area (Å²) in [5, 5.41) is 0. The Kier molecular flexibility index (Phi) is 3.35. The van der Waals surface area contributed by atoms with Crippen molar-refractivity contribution in [2.45, 2.75) is 51.5 Å². The second kappa shape index (κ2) is 4.84. The van der Waals surface area contributed by atoms with Crippen molar-refractivity contribution in [3.05, 3.63) is 0 Å². The molecule has 3 fully saturated rings. The first-order chi connectivity index (χ1) is 8.74. The number of hydrogen-bond acceptors (Lipinski definition) is 2. The maximum Gasteiger partial charge on any atom is 0.225 e. The average molecular weight is 250 g/mol. The minimum atomic E-state index is 0.340. The summed E-state index contributed by atoms with van der Waals surface area (Å²) >= 11 is 0. The van der Waals surface area contributed by atoms with Gasteiger partial charge in [-0.05, 0) is 63.3 Å². The van der Waals surface area contributed by atoms with Gasteiger partial charge in [-0.3, -0.25) is 4.79 Å². The van der Waals surface area contributed by atoms with Crippen molar-refractivity contribution in [3.8, 4) is 0 Å². The molecule has 0 aromatic rings. The van der Waals surface area contributed by atoms with Crippen LogP contribution in [0.3, 0.4) is 0 Å². The van der Waals surface area contributed by atoms with Gasteiger partial charge in [0.2, 0.25) is 5.91 Å². The molecule has 1 amide bonds. The second-order valence-corrected chi connectivity index (χ2v) is 6.54. The molecule has 0 saturated heterocycles. The van der Waals surface area contributed by atoms with E-state index in [2.05, 4.69) is 11.8 Å². The maximum absolute atomic E-state index is 12.7. The highest BCUT2D eigenvalue weighted by atomic mass is 16.2. The van der Waals surface area contributed by atoms with E-state index in [0.717, 1.165) is 24.9 Å². The molecular weight excluding hydrogens is 224 g/mol. The van der Waals surface area contributed by atoms with Gasteiger partial charge in [-0.15, -0.1) is 0 Å². The van der Waals surface area contributed by atoms with Crippen molar-refractivity contribution in [3.63, 3.8) is 0 Å². The van der Waals surface area contributed by atoms with Gasteiger partial charge >= 0.3 is 0 Å². The number of carbonyl (C=O) groups excluding carboxylic acids is 1. The third kappa shape index (κ3) is 2.07. The van der Waals surface area contributed by atoms with Crippen LogP contribution in [-0.4, -0.2) is 29.9 Å². The lowest BCUT2D eigenvalue weighted by Gasteiger charge is -2.34. The summed E-state index contributed by atoms with van der Waals surface area (Å²) < 4.78 is 0. The van der Waals surface area contributed by atoms with Crippen molar-refractivity contribution in [2.75, 3.05) is 13.1 Å². The van der Waals surface area contributed by atoms with Crippen LogP contribution in [-0.2, 0) is 4.79 Å². The van der Waals surface area contributed by atoms with Gasteiger partial charge in [0.25, 0.3) is 0 Å². The van der Waals surface area contributed by atoms with Crippen molar-refractivity contribution in [1.29, 1.82) is 0 Å². The molecule has 0 bridgehead atoms. The van der Waals surface area contributed by atoms with Gasteiger partial charge in [-0.2, -0.15) is 0 Å². The molecule has 4 atom stereocenters. The maximum atomic E-state index is 12.7. The molecule has 3 rings (SSSR count). The largest absolute Gasteiger partial charge is 0.339 e. The Hall–Kier alpha value is -0.570. The van der Waals surface area contributed by atoms with Crippen LogP contribution in [0, 0.1) is 23.7 Å². The first kappa shape index (κ1) is 12.5. The molecule has 3 nitrogen and oxygen atoms in total. The van der Waals surface area contributed by atoms with Crippen LogP contribution in [0.5, 0.6) is 0 Å². The molecule has 0 heterocycles. The average Bonchev–Trinajstić information content (AvgIpc) is 2.82. The Balaban J connectivity index is 1.65. The van der Waals surface area contributed by atoms with Gasteiger partial charge in [0.15, 0.2) is 0 Å². The summed E-state index contributed by atoms with van der Waals surface area (Å²) in [6, 6.07) is 0.435. The van der Waals surface area contributed by atoms with E-state index in [-0.39, 0.29) is 0 Å². The molecule has 4 unspecified atom stereocenters. The topological polar surface area (TPSA) is 46.3 Å². The molecule has 102 valence electrons. The van der Waals surface area contributed by atoms with Crippen LogP contribution in [0.25, 0.3) is 0 Å². The molecule has 18 heavy (non-hydrogen) atoms. The zero-order chi connectivity index (χ0) is 12.7. The van der Waals surface area contributed by atoms with Crippen LogP contribution in [0.1, 0.15) is 45.4 Å². The minimum Gasteiger partial charge on any atom is -0.339 e. The Morgan fingerprint density at radius 1 is 1.22 bits per heavy atom. The van der Waals surface area contributed by atoms with E-state index in [4.69, 9.17) is 5.73 Å². The zero-order valence-electron chi connectivity index (χ0n) is 11.5. The highest BCUT2D eigenvalue weighted by Crippen LogP contribution is 2.54. The van der Waals surface area contributed by atoms with E-state index in [9.17, 15) is 4.79 Å². The van der Waals surface area contributed by atoms with Crippen LogP contribution in [0.4, 0.5) is 0 Å². The Bertz CT molecular complexity index is 320. The fraction of sp³-hybridized carbons (Fsp3) is 0.933. The lowest BCUT2D eigenvalue weighted by atomic mass is 9.97. The molecule has 0 spiro atoms. The van der Waals surface area contributed by atoms with E-state index >= 15 is 0 Å². The van der Waals surface area contributed by atoms with Crippen molar-refractivity contribution in [2.24, 2.45) is 29.4 Å². The van der Waals surface area contributed by atoms with Crippen LogP contribution in [0.2, 0.25) is 0 Å². The van der Waals surface area contributed by atoms with Gasteiger partial charge in [-0.1, -0.05) is 6.42 Å². The Morgan fingerprint density at radius 3 is 2.56 bits per heavy atom. The highest BCUT2D eigenvalue weighted by molar-refractivity contribution is 5.79. The summed E-state index contributed by atoms with van der Waals surface area (Å²) in [5.41, 5.74) is 5.86. The summed E-state index contributed by atoms with van der Waals surface area (Å²) in [7, 11) is 0. The molecule has 3 heteroatoms. The van der Waals surface area contributed by atoms with Gasteiger partial charge in [0.05, 0.1) is 0 Å². The van der Waals surface area contributed by atoms with E-state index in [1.807, 2.05) is 0 Å². The van der Waals surface area contributed by atoms with E-state index in [0.29, 0.717) is 23.8 Å². The number of hydrogen-bond donors (Lipinski definition) is 1. The predicted molar refractivity (Wildman–Crippen MR) is 71.9 cm³/mol. The molecule has 0 aromatic carbocycles. The normalized spacial score (nSPS) is 41.8. The molecule has 0 radical (unpaired) electrons. The third-order valence-electron chi connectivity index (χ3n) is 5.54. The summed E-state index contributed by atoms with van der Waals surface area (Å²) in [4.78, 5) is 14.8. The molecule has 2 N–H and O–H groups in total. The summed E-state index contributed by atoms with van der Waals surface area (Å²) in [6.07, 6.45) is 7.35. The molecule has 3 aliphatic carbocycles. The first-order valence-electron chi connectivity index (χ1n) is 7.75. The molecule has 3 aliphatic rings. The third-order valence-corrected chi connectivity index (χ3v) is 5.54. The Morgan fingerprint density at radius 2 is 1.94 bits per heavy atom. The fourth-order valence-electron chi connectivity index (χ4n) is 4.41. The number of nitrogens with zero attached hydrogens (tertiary/aromatic N) is 1. The first-order valence-corrected chi connectivity index (χ1v) is 7.75. The quantitative estimate of drug-likeness (QED) is 0.829. The predicted octanol–water partition coefficient (Wildman–Crippen LogP) is 2.01. The van der Waals surface area contributed by atoms with E-state index < -0.39 is 0 Å². The smallest absolute Gasteiger partial charge is 0.225 e. The lowest BCUT2D eigenvalue weighted by Crippen LogP contribution is -2.46. The van der Waals surface area contributed by atoms with Crippen molar-refractivity contribution < 1.29 is 4.79 Å². The standard InChI is InChI=1S/C15H26N2O/c1-2-17(14-5-3-4-10(14)9-16)15(18)13-7-11-6-12(11)8-13/h10-14H,2-9,16H2,1H3. The molecule has 0 aliphatic heterocycles. The van der Waals surface area contributed by atoms with Crippen LogP contribution in [0.15, 0.2) is 0 Å². The minimum absolute atomic E-state index is 0.340. The van der Waals surface area contributed by atoms with Crippen molar-refractivity contribution in [1.82, 2.24) is 4.90 Å². The number of nitrogens with two attached hydrogens (primary N) is 1. The highest BCUT2D eigenvalue weighted by Gasteiger charge is 2.49. The number of rotatable bonds is 4. The molecule has 0 aromatic heterocycles. The van der Waals surface area contributed by atoms with Gasteiger partial charge in [-0.25, -0.2) is 0 Å². The Labute approximate surface area is 110 Å². The SMILES string of the molecule is CCN(C(=O)C1CC2CC2C1)C1CCCC1CN. The molecular formula is C15H26N2O. The monoisotopic (exact) mass is 250 g/mol. The van der Waals surface area contributed by atoms with Crippen LogP contribution >= 0.6 is 0 Å². The van der Waals surface area contributed by atoms with Gasteiger partial charge in [0, 0.05) is 18.5 Å². The zero-order valence-corrected chi connectivity index (χ0v) is 11.5.